The standard InChI is InChI=1S/C18H19F3N2O2/c1-17(2,3)16(25)23-14-10-22-9-8-13(14)15(24)11-4-6-12(7-5-11)18(19,20)21/h4-10,15,24H,1-3H3,(H,23,25). The molecule has 2 N–H and O–H groups in total. The van der Waals surface area contributed by atoms with Crippen LogP contribution >= 0.6 is 0 Å². The molecule has 7 heteroatoms. The molecule has 1 unspecified atom stereocenters. The van der Waals surface area contributed by atoms with Crippen LogP contribution in [0.25, 0.3) is 0 Å². The molecule has 0 saturated carbocycles. The number of halogens is 3. The van der Waals surface area contributed by atoms with Crippen LogP contribution in [0.4, 0.5) is 18.9 Å². The summed E-state index contributed by atoms with van der Waals surface area (Å²) >= 11 is 0. The van der Waals surface area contributed by atoms with Crippen molar-refractivity contribution in [3.63, 3.8) is 0 Å². The molecule has 25 heavy (non-hydrogen) atoms. The van der Waals surface area contributed by atoms with Crippen LogP contribution in [0.15, 0.2) is 42.7 Å². The van der Waals surface area contributed by atoms with E-state index in [0.29, 0.717) is 11.3 Å². The van der Waals surface area contributed by atoms with Crippen molar-refractivity contribution in [3.8, 4) is 0 Å². The van der Waals surface area contributed by atoms with Gasteiger partial charge in [0.2, 0.25) is 5.91 Å². The molecule has 1 amide bonds. The summed E-state index contributed by atoms with van der Waals surface area (Å²) in [4.78, 5) is 16.1. The third kappa shape index (κ3) is 4.57. The highest BCUT2D eigenvalue weighted by atomic mass is 19.4. The summed E-state index contributed by atoms with van der Waals surface area (Å²) in [7, 11) is 0. The van der Waals surface area contributed by atoms with Crippen molar-refractivity contribution in [3.05, 3.63) is 59.4 Å². The van der Waals surface area contributed by atoms with Crippen molar-refractivity contribution in [1.29, 1.82) is 0 Å². The van der Waals surface area contributed by atoms with Gasteiger partial charge in [-0.15, -0.1) is 0 Å². The molecule has 0 aliphatic heterocycles. The second kappa shape index (κ2) is 6.84. The van der Waals surface area contributed by atoms with Crippen molar-refractivity contribution in [1.82, 2.24) is 4.98 Å². The summed E-state index contributed by atoms with van der Waals surface area (Å²) in [5.74, 6) is -0.263. The SMILES string of the molecule is CC(C)(C)C(=O)Nc1cnccc1C(O)c1ccc(C(F)(F)F)cc1. The Morgan fingerprint density at radius 3 is 2.24 bits per heavy atom. The summed E-state index contributed by atoms with van der Waals surface area (Å²) in [5, 5.41) is 13.2. The first-order chi connectivity index (χ1) is 11.5. The molecule has 0 spiro atoms. The molecule has 0 bridgehead atoms. The predicted molar refractivity (Wildman–Crippen MR) is 87.8 cm³/mol. The number of hydrogen-bond acceptors (Lipinski definition) is 3. The number of aromatic nitrogens is 1. The largest absolute Gasteiger partial charge is 0.416 e. The Labute approximate surface area is 143 Å². The van der Waals surface area contributed by atoms with Gasteiger partial charge in [-0.1, -0.05) is 32.9 Å². The third-order valence-electron chi connectivity index (χ3n) is 3.63. The van der Waals surface area contributed by atoms with E-state index < -0.39 is 23.3 Å². The molecule has 0 saturated heterocycles. The molecule has 2 rings (SSSR count). The summed E-state index contributed by atoms with van der Waals surface area (Å²) in [5.41, 5.74) is -0.487. The van der Waals surface area contributed by atoms with Crippen LogP contribution in [-0.4, -0.2) is 16.0 Å². The molecule has 4 nitrogen and oxygen atoms in total. The number of rotatable bonds is 3. The van der Waals surface area contributed by atoms with Gasteiger partial charge in [0.25, 0.3) is 0 Å². The fraction of sp³-hybridized carbons (Fsp3) is 0.333. The maximum atomic E-state index is 12.6. The van der Waals surface area contributed by atoms with Crippen LogP contribution in [0, 0.1) is 5.41 Å². The van der Waals surface area contributed by atoms with Gasteiger partial charge in [-0.05, 0) is 23.8 Å². The van der Waals surface area contributed by atoms with Crippen molar-refractivity contribution in [2.45, 2.75) is 33.1 Å². The smallest absolute Gasteiger partial charge is 0.384 e. The van der Waals surface area contributed by atoms with Crippen molar-refractivity contribution in [2.75, 3.05) is 5.32 Å². The van der Waals surface area contributed by atoms with Crippen LogP contribution in [0.2, 0.25) is 0 Å². The number of benzene rings is 1. The molecule has 134 valence electrons. The van der Waals surface area contributed by atoms with E-state index in [2.05, 4.69) is 10.3 Å². The van der Waals surface area contributed by atoms with E-state index in [1.807, 2.05) is 0 Å². The molecule has 1 heterocycles. The Balaban J connectivity index is 2.31. The minimum atomic E-state index is -4.44. The maximum absolute atomic E-state index is 12.6. The van der Waals surface area contributed by atoms with E-state index in [1.54, 1.807) is 20.8 Å². The van der Waals surface area contributed by atoms with Gasteiger partial charge < -0.3 is 10.4 Å². The lowest BCUT2D eigenvalue weighted by Crippen LogP contribution is -2.28. The lowest BCUT2D eigenvalue weighted by Gasteiger charge is -2.21. The quantitative estimate of drug-likeness (QED) is 0.872. The van der Waals surface area contributed by atoms with Gasteiger partial charge in [-0.3, -0.25) is 9.78 Å². The van der Waals surface area contributed by atoms with Gasteiger partial charge in [0.15, 0.2) is 0 Å². The highest BCUT2D eigenvalue weighted by molar-refractivity contribution is 5.95. The number of aliphatic hydroxyl groups is 1. The normalized spacial score (nSPS) is 13.4. The number of alkyl halides is 3. The lowest BCUT2D eigenvalue weighted by molar-refractivity contribution is -0.137. The molecule has 0 radical (unpaired) electrons. The molecule has 0 fully saturated rings. The van der Waals surface area contributed by atoms with Crippen LogP contribution < -0.4 is 5.32 Å². The molecule has 1 atom stereocenters. The molecule has 1 aromatic heterocycles. The van der Waals surface area contributed by atoms with Gasteiger partial charge in [0.1, 0.15) is 6.10 Å². The van der Waals surface area contributed by atoms with Gasteiger partial charge in [0.05, 0.1) is 17.4 Å². The van der Waals surface area contributed by atoms with Crippen molar-refractivity contribution in [2.24, 2.45) is 5.41 Å². The fourth-order valence-corrected chi connectivity index (χ4v) is 2.09. The predicted octanol–water partition coefficient (Wildman–Crippen LogP) is 4.17. The topological polar surface area (TPSA) is 62.2 Å². The van der Waals surface area contributed by atoms with Gasteiger partial charge in [0, 0.05) is 17.2 Å². The van der Waals surface area contributed by atoms with Crippen molar-refractivity contribution < 1.29 is 23.1 Å². The van der Waals surface area contributed by atoms with Gasteiger partial charge in [-0.25, -0.2) is 0 Å². The van der Waals surface area contributed by atoms with Crippen LogP contribution in [0.5, 0.6) is 0 Å². The summed E-state index contributed by atoms with van der Waals surface area (Å²) < 4.78 is 37.9. The molecular formula is C18H19F3N2O2. The number of aliphatic hydroxyl groups excluding tert-OH is 1. The molecule has 0 aliphatic carbocycles. The fourth-order valence-electron chi connectivity index (χ4n) is 2.09. The zero-order valence-electron chi connectivity index (χ0n) is 14.1. The molecule has 1 aromatic carbocycles. The Hall–Kier alpha value is -2.41. The number of hydrogen-bond donors (Lipinski definition) is 2. The Bertz CT molecular complexity index is 750. The zero-order valence-corrected chi connectivity index (χ0v) is 14.1. The van der Waals surface area contributed by atoms with Crippen LogP contribution in [0.1, 0.15) is 43.6 Å². The lowest BCUT2D eigenvalue weighted by atomic mass is 9.95. The maximum Gasteiger partial charge on any atom is 0.416 e. The average molecular weight is 352 g/mol. The van der Waals surface area contributed by atoms with E-state index in [4.69, 9.17) is 0 Å². The Kier molecular flexibility index (Phi) is 5.17. The molecule has 2 aromatic rings. The van der Waals surface area contributed by atoms with Gasteiger partial charge in [-0.2, -0.15) is 13.2 Å². The molecule has 0 aliphatic rings. The summed E-state index contributed by atoms with van der Waals surface area (Å²) in [6, 6.07) is 5.76. The summed E-state index contributed by atoms with van der Waals surface area (Å²) in [6.45, 7) is 5.22. The van der Waals surface area contributed by atoms with Crippen LogP contribution in [0.3, 0.4) is 0 Å². The monoisotopic (exact) mass is 352 g/mol. The third-order valence-corrected chi connectivity index (χ3v) is 3.63. The van der Waals surface area contributed by atoms with Crippen LogP contribution in [-0.2, 0) is 11.0 Å². The number of nitrogens with one attached hydrogen (secondary N) is 1. The van der Waals surface area contributed by atoms with Crippen molar-refractivity contribution >= 4 is 11.6 Å². The zero-order chi connectivity index (χ0) is 18.8. The average Bonchev–Trinajstić information content (AvgIpc) is 2.53. The minimum Gasteiger partial charge on any atom is -0.384 e. The van der Waals surface area contributed by atoms with E-state index in [1.165, 1.54) is 30.6 Å². The van der Waals surface area contributed by atoms with E-state index >= 15 is 0 Å². The van der Waals surface area contributed by atoms with E-state index in [-0.39, 0.29) is 11.5 Å². The highest BCUT2D eigenvalue weighted by Crippen LogP contribution is 2.32. The first-order valence-electron chi connectivity index (χ1n) is 7.61. The number of amides is 1. The Morgan fingerprint density at radius 2 is 1.72 bits per heavy atom. The number of carbonyl (C=O) groups is 1. The minimum absolute atomic E-state index is 0.263. The first kappa shape index (κ1) is 18.9. The number of pyridine rings is 1. The molecular weight excluding hydrogens is 333 g/mol. The second-order valence-corrected chi connectivity index (χ2v) is 6.69. The number of carbonyl (C=O) groups excluding carboxylic acids is 1. The highest BCUT2D eigenvalue weighted by Gasteiger charge is 2.30. The van der Waals surface area contributed by atoms with Gasteiger partial charge >= 0.3 is 6.18 Å². The van der Waals surface area contributed by atoms with E-state index in [0.717, 1.165) is 12.1 Å². The summed E-state index contributed by atoms with van der Waals surface area (Å²) in [6.07, 6.45) is -2.80. The Morgan fingerprint density at radius 1 is 1.12 bits per heavy atom. The second-order valence-electron chi connectivity index (χ2n) is 6.69. The number of anilines is 1. The number of nitrogens with zero attached hydrogens (tertiary/aromatic N) is 1. The van der Waals surface area contributed by atoms with E-state index in [9.17, 15) is 23.1 Å². The first-order valence-corrected chi connectivity index (χ1v) is 7.61.